The molecule has 0 heterocycles. The van der Waals surface area contributed by atoms with Crippen molar-refractivity contribution in [1.29, 1.82) is 0 Å². The Balaban J connectivity index is 1.69. The standard InChI is InChI=1S/C29H32O4/c1-5-6-9-22-12-14-24(15-13-22)28(30)32-21(4)26-10-7-8-11-27(26)29(31)33-25-18-16-23(17-19-25)20(2)3/h7-8,10-21H,5-6,9H2,1-4H3. The van der Waals surface area contributed by atoms with Gasteiger partial charge in [-0.3, -0.25) is 0 Å². The Kier molecular flexibility index (Phi) is 8.42. The average molecular weight is 445 g/mol. The quantitative estimate of drug-likeness (QED) is 0.257. The lowest BCUT2D eigenvalue weighted by molar-refractivity contribution is 0.0331. The Morgan fingerprint density at radius 1 is 0.818 bits per heavy atom. The van der Waals surface area contributed by atoms with Crippen LogP contribution < -0.4 is 4.74 Å². The van der Waals surface area contributed by atoms with Crippen LogP contribution in [0.5, 0.6) is 5.75 Å². The molecule has 0 saturated heterocycles. The lowest BCUT2D eigenvalue weighted by atomic mass is 10.0. The van der Waals surface area contributed by atoms with E-state index in [0.29, 0.717) is 28.4 Å². The highest BCUT2D eigenvalue weighted by atomic mass is 16.5. The fourth-order valence-corrected chi connectivity index (χ4v) is 3.60. The zero-order valence-corrected chi connectivity index (χ0v) is 19.8. The molecule has 0 aromatic heterocycles. The average Bonchev–Trinajstić information content (AvgIpc) is 2.83. The number of hydrogen-bond acceptors (Lipinski definition) is 4. The second-order valence-corrected chi connectivity index (χ2v) is 8.55. The summed E-state index contributed by atoms with van der Waals surface area (Å²) in [6.45, 7) is 8.14. The predicted molar refractivity (Wildman–Crippen MR) is 131 cm³/mol. The molecular formula is C29H32O4. The summed E-state index contributed by atoms with van der Waals surface area (Å²) < 4.78 is 11.3. The summed E-state index contributed by atoms with van der Waals surface area (Å²) in [5.41, 5.74) is 3.85. The van der Waals surface area contributed by atoms with Crippen molar-refractivity contribution in [1.82, 2.24) is 0 Å². The van der Waals surface area contributed by atoms with Gasteiger partial charge in [-0.1, -0.05) is 69.7 Å². The largest absolute Gasteiger partial charge is 0.454 e. The molecule has 0 bridgehead atoms. The van der Waals surface area contributed by atoms with Gasteiger partial charge in [-0.05, 0) is 67.1 Å². The summed E-state index contributed by atoms with van der Waals surface area (Å²) in [6.07, 6.45) is 2.64. The SMILES string of the molecule is CCCCc1ccc(C(=O)OC(C)c2ccccc2C(=O)Oc2ccc(C(C)C)cc2)cc1. The summed E-state index contributed by atoms with van der Waals surface area (Å²) in [5, 5.41) is 0. The van der Waals surface area contributed by atoms with E-state index in [1.807, 2.05) is 30.3 Å². The minimum atomic E-state index is -0.607. The van der Waals surface area contributed by atoms with Gasteiger partial charge in [-0.25, -0.2) is 9.59 Å². The van der Waals surface area contributed by atoms with E-state index >= 15 is 0 Å². The maximum atomic E-state index is 12.9. The maximum absolute atomic E-state index is 12.9. The molecule has 0 saturated carbocycles. The molecule has 3 aromatic rings. The van der Waals surface area contributed by atoms with Crippen molar-refractivity contribution < 1.29 is 19.1 Å². The van der Waals surface area contributed by atoms with Crippen LogP contribution in [0.2, 0.25) is 0 Å². The van der Waals surface area contributed by atoms with Gasteiger partial charge in [-0.2, -0.15) is 0 Å². The van der Waals surface area contributed by atoms with Gasteiger partial charge in [0.05, 0.1) is 11.1 Å². The van der Waals surface area contributed by atoms with Crippen LogP contribution in [0.3, 0.4) is 0 Å². The smallest absolute Gasteiger partial charge is 0.343 e. The molecule has 0 N–H and O–H groups in total. The Morgan fingerprint density at radius 2 is 1.48 bits per heavy atom. The summed E-state index contributed by atoms with van der Waals surface area (Å²) in [4.78, 5) is 25.5. The van der Waals surface area contributed by atoms with Crippen LogP contribution in [-0.2, 0) is 11.2 Å². The molecule has 0 aliphatic heterocycles. The number of benzene rings is 3. The molecule has 1 atom stereocenters. The number of esters is 2. The van der Waals surface area contributed by atoms with Gasteiger partial charge < -0.3 is 9.47 Å². The molecule has 0 spiro atoms. The molecule has 4 heteroatoms. The van der Waals surface area contributed by atoms with E-state index in [2.05, 4.69) is 20.8 Å². The van der Waals surface area contributed by atoms with E-state index in [0.717, 1.165) is 19.3 Å². The topological polar surface area (TPSA) is 52.6 Å². The van der Waals surface area contributed by atoms with Crippen LogP contribution in [0, 0.1) is 0 Å². The van der Waals surface area contributed by atoms with Gasteiger partial charge in [0.15, 0.2) is 0 Å². The third kappa shape index (κ3) is 6.55. The first kappa shape index (κ1) is 24.2. The number of rotatable bonds is 9. The Bertz CT molecular complexity index is 1070. The van der Waals surface area contributed by atoms with Gasteiger partial charge in [0.2, 0.25) is 0 Å². The highest BCUT2D eigenvalue weighted by Crippen LogP contribution is 2.25. The molecule has 1 unspecified atom stereocenters. The Labute approximate surface area is 196 Å². The number of carbonyl (C=O) groups excluding carboxylic acids is 2. The predicted octanol–water partition coefficient (Wildman–Crippen LogP) is 7.29. The lowest BCUT2D eigenvalue weighted by Crippen LogP contribution is -2.16. The number of hydrogen-bond donors (Lipinski definition) is 0. The highest BCUT2D eigenvalue weighted by molar-refractivity contribution is 5.93. The van der Waals surface area contributed by atoms with E-state index in [1.54, 1.807) is 49.4 Å². The molecule has 4 nitrogen and oxygen atoms in total. The second kappa shape index (κ2) is 11.5. The van der Waals surface area contributed by atoms with Crippen LogP contribution in [0.1, 0.15) is 90.0 Å². The summed E-state index contributed by atoms with van der Waals surface area (Å²) >= 11 is 0. The third-order valence-electron chi connectivity index (χ3n) is 5.67. The second-order valence-electron chi connectivity index (χ2n) is 8.55. The molecule has 3 rings (SSSR count). The molecule has 33 heavy (non-hydrogen) atoms. The minimum absolute atomic E-state index is 0.376. The van der Waals surface area contributed by atoms with Crippen molar-refractivity contribution in [2.45, 2.75) is 59.0 Å². The number of unbranched alkanes of at least 4 members (excludes halogenated alkanes) is 1. The molecule has 172 valence electrons. The highest BCUT2D eigenvalue weighted by Gasteiger charge is 2.21. The summed E-state index contributed by atoms with van der Waals surface area (Å²) in [6, 6.07) is 22.1. The fourth-order valence-electron chi connectivity index (χ4n) is 3.60. The zero-order chi connectivity index (χ0) is 23.8. The molecule has 0 radical (unpaired) electrons. The normalized spacial score (nSPS) is 11.8. The van der Waals surface area contributed by atoms with Gasteiger partial charge in [0.1, 0.15) is 11.9 Å². The van der Waals surface area contributed by atoms with Crippen molar-refractivity contribution in [3.8, 4) is 5.75 Å². The summed E-state index contributed by atoms with van der Waals surface area (Å²) in [5.74, 6) is -0.0198. The fraction of sp³-hybridized carbons (Fsp3) is 0.310. The van der Waals surface area contributed by atoms with Gasteiger partial charge >= 0.3 is 11.9 Å². The number of carbonyl (C=O) groups is 2. The molecule has 0 aliphatic carbocycles. The van der Waals surface area contributed by atoms with Gasteiger partial charge in [-0.15, -0.1) is 0 Å². The minimum Gasteiger partial charge on any atom is -0.454 e. The molecule has 0 aliphatic rings. The van der Waals surface area contributed by atoms with Crippen molar-refractivity contribution in [2.24, 2.45) is 0 Å². The lowest BCUT2D eigenvalue weighted by Gasteiger charge is -2.17. The van der Waals surface area contributed by atoms with Crippen LogP contribution in [0.4, 0.5) is 0 Å². The molecular weight excluding hydrogens is 412 g/mol. The van der Waals surface area contributed by atoms with E-state index in [1.165, 1.54) is 11.1 Å². The van der Waals surface area contributed by atoms with Crippen molar-refractivity contribution in [3.05, 3.63) is 101 Å². The van der Waals surface area contributed by atoms with Crippen LogP contribution in [0.15, 0.2) is 72.8 Å². The monoisotopic (exact) mass is 444 g/mol. The first-order valence-electron chi connectivity index (χ1n) is 11.6. The van der Waals surface area contributed by atoms with E-state index < -0.39 is 18.0 Å². The van der Waals surface area contributed by atoms with E-state index in [9.17, 15) is 9.59 Å². The van der Waals surface area contributed by atoms with Gasteiger partial charge in [0, 0.05) is 5.56 Å². The van der Waals surface area contributed by atoms with Crippen LogP contribution in [-0.4, -0.2) is 11.9 Å². The van der Waals surface area contributed by atoms with E-state index in [-0.39, 0.29) is 0 Å². The molecule has 3 aromatic carbocycles. The van der Waals surface area contributed by atoms with Crippen molar-refractivity contribution in [2.75, 3.05) is 0 Å². The van der Waals surface area contributed by atoms with Crippen LogP contribution >= 0.6 is 0 Å². The number of ether oxygens (including phenoxy) is 2. The number of aryl methyl sites for hydroxylation is 1. The summed E-state index contributed by atoms with van der Waals surface area (Å²) in [7, 11) is 0. The first-order valence-corrected chi connectivity index (χ1v) is 11.6. The van der Waals surface area contributed by atoms with Gasteiger partial charge in [0.25, 0.3) is 0 Å². The van der Waals surface area contributed by atoms with Crippen molar-refractivity contribution in [3.63, 3.8) is 0 Å². The molecule has 0 fully saturated rings. The maximum Gasteiger partial charge on any atom is 0.343 e. The Hall–Kier alpha value is -3.40. The van der Waals surface area contributed by atoms with Crippen molar-refractivity contribution >= 4 is 11.9 Å². The Morgan fingerprint density at radius 3 is 2.12 bits per heavy atom. The first-order chi connectivity index (χ1) is 15.9. The van der Waals surface area contributed by atoms with E-state index in [4.69, 9.17) is 9.47 Å². The van der Waals surface area contributed by atoms with Crippen LogP contribution in [0.25, 0.3) is 0 Å². The molecule has 0 amide bonds. The third-order valence-corrected chi connectivity index (χ3v) is 5.67. The zero-order valence-electron chi connectivity index (χ0n) is 19.8.